The highest BCUT2D eigenvalue weighted by Crippen LogP contribution is 2.38. The van der Waals surface area contributed by atoms with Crippen LogP contribution in [0, 0.1) is 11.3 Å². The zero-order valence-electron chi connectivity index (χ0n) is 13.0. The molecule has 118 valence electrons. The standard InChI is InChI=1S/C14H27N3O2.ClH/c1-11(9-15-2)12(18)16-10-14(7-5-6-8-14)13(19)17(3)4;/h11,15H,5-10H2,1-4H3,(H,16,18);1H. The highest BCUT2D eigenvalue weighted by Gasteiger charge is 2.42. The lowest BCUT2D eigenvalue weighted by molar-refractivity contribution is -0.139. The van der Waals surface area contributed by atoms with Gasteiger partial charge in [-0.05, 0) is 19.9 Å². The molecule has 1 fully saturated rings. The predicted molar refractivity (Wildman–Crippen MR) is 82.9 cm³/mol. The fraction of sp³-hybridized carbons (Fsp3) is 0.857. The molecule has 0 aromatic rings. The van der Waals surface area contributed by atoms with E-state index in [0.717, 1.165) is 25.7 Å². The summed E-state index contributed by atoms with van der Waals surface area (Å²) >= 11 is 0. The van der Waals surface area contributed by atoms with Crippen molar-refractivity contribution in [2.45, 2.75) is 32.6 Å². The van der Waals surface area contributed by atoms with Crippen LogP contribution in [0.5, 0.6) is 0 Å². The Morgan fingerprint density at radius 2 is 1.80 bits per heavy atom. The second-order valence-electron chi connectivity index (χ2n) is 5.86. The van der Waals surface area contributed by atoms with Crippen LogP contribution in [0.2, 0.25) is 0 Å². The van der Waals surface area contributed by atoms with Crippen LogP contribution in [0.3, 0.4) is 0 Å². The predicted octanol–water partition coefficient (Wildman–Crippen LogP) is 1.03. The van der Waals surface area contributed by atoms with Crippen LogP contribution in [0.25, 0.3) is 0 Å². The first-order chi connectivity index (χ1) is 8.93. The lowest BCUT2D eigenvalue weighted by Gasteiger charge is -2.31. The van der Waals surface area contributed by atoms with Crippen molar-refractivity contribution in [2.24, 2.45) is 11.3 Å². The third kappa shape index (κ3) is 4.63. The van der Waals surface area contributed by atoms with Gasteiger partial charge in [-0.1, -0.05) is 19.8 Å². The molecule has 0 spiro atoms. The van der Waals surface area contributed by atoms with Crippen LogP contribution in [0.1, 0.15) is 32.6 Å². The van der Waals surface area contributed by atoms with Gasteiger partial charge in [0.2, 0.25) is 11.8 Å². The molecule has 2 N–H and O–H groups in total. The minimum Gasteiger partial charge on any atom is -0.355 e. The van der Waals surface area contributed by atoms with E-state index in [2.05, 4.69) is 10.6 Å². The van der Waals surface area contributed by atoms with Crippen LogP contribution >= 0.6 is 12.4 Å². The number of rotatable bonds is 6. The molecule has 1 rings (SSSR count). The van der Waals surface area contributed by atoms with Gasteiger partial charge in [0.25, 0.3) is 0 Å². The molecule has 2 amide bonds. The number of halogens is 1. The lowest BCUT2D eigenvalue weighted by Crippen LogP contribution is -2.48. The summed E-state index contributed by atoms with van der Waals surface area (Å²) in [5.41, 5.74) is -0.376. The molecule has 0 heterocycles. The van der Waals surface area contributed by atoms with Gasteiger partial charge in [-0.3, -0.25) is 9.59 Å². The van der Waals surface area contributed by atoms with Gasteiger partial charge >= 0.3 is 0 Å². The molecule has 0 bridgehead atoms. The van der Waals surface area contributed by atoms with E-state index in [1.807, 2.05) is 14.0 Å². The van der Waals surface area contributed by atoms with E-state index in [4.69, 9.17) is 0 Å². The maximum atomic E-state index is 12.3. The number of nitrogens with one attached hydrogen (secondary N) is 2. The first kappa shape index (κ1) is 19.2. The van der Waals surface area contributed by atoms with Gasteiger partial charge in [-0.15, -0.1) is 12.4 Å². The van der Waals surface area contributed by atoms with Gasteiger partial charge in [0.1, 0.15) is 0 Å². The molecule has 0 aromatic heterocycles. The largest absolute Gasteiger partial charge is 0.355 e. The Hall–Kier alpha value is -0.810. The van der Waals surface area contributed by atoms with E-state index in [9.17, 15) is 9.59 Å². The van der Waals surface area contributed by atoms with Crippen molar-refractivity contribution < 1.29 is 9.59 Å². The Bertz CT molecular complexity index is 328. The van der Waals surface area contributed by atoms with E-state index < -0.39 is 0 Å². The smallest absolute Gasteiger partial charge is 0.230 e. The van der Waals surface area contributed by atoms with Crippen molar-refractivity contribution in [3.8, 4) is 0 Å². The molecule has 1 atom stereocenters. The summed E-state index contributed by atoms with van der Waals surface area (Å²) in [6, 6.07) is 0. The quantitative estimate of drug-likeness (QED) is 0.770. The molecule has 1 saturated carbocycles. The molecule has 1 unspecified atom stereocenters. The Morgan fingerprint density at radius 3 is 2.25 bits per heavy atom. The molecule has 6 heteroatoms. The van der Waals surface area contributed by atoms with Crippen LogP contribution in [-0.4, -0.2) is 50.9 Å². The van der Waals surface area contributed by atoms with Crippen LogP contribution in [0.15, 0.2) is 0 Å². The van der Waals surface area contributed by atoms with Gasteiger partial charge in [0.15, 0.2) is 0 Å². The Kier molecular flexibility index (Phi) is 8.13. The van der Waals surface area contributed by atoms with E-state index in [-0.39, 0.29) is 35.6 Å². The summed E-state index contributed by atoms with van der Waals surface area (Å²) in [7, 11) is 5.40. The monoisotopic (exact) mass is 305 g/mol. The van der Waals surface area contributed by atoms with Gasteiger partial charge < -0.3 is 15.5 Å². The second kappa shape index (κ2) is 8.47. The maximum absolute atomic E-state index is 12.3. The fourth-order valence-electron chi connectivity index (χ4n) is 2.82. The number of carbonyl (C=O) groups excluding carboxylic acids is 2. The normalized spacial score (nSPS) is 18.0. The first-order valence-corrected chi connectivity index (χ1v) is 7.07. The van der Waals surface area contributed by atoms with E-state index >= 15 is 0 Å². The summed E-state index contributed by atoms with van der Waals surface area (Å²) in [6.45, 7) is 3.01. The third-order valence-electron chi connectivity index (χ3n) is 3.98. The first-order valence-electron chi connectivity index (χ1n) is 7.07. The maximum Gasteiger partial charge on any atom is 0.230 e. The number of nitrogens with zero attached hydrogens (tertiary/aromatic N) is 1. The van der Waals surface area contributed by atoms with Crippen LogP contribution in [0.4, 0.5) is 0 Å². The van der Waals surface area contributed by atoms with E-state index in [1.54, 1.807) is 19.0 Å². The molecule has 1 aliphatic rings. The van der Waals surface area contributed by atoms with E-state index in [1.165, 1.54) is 0 Å². The van der Waals surface area contributed by atoms with Crippen molar-refractivity contribution >= 4 is 24.2 Å². The summed E-state index contributed by atoms with van der Waals surface area (Å²) < 4.78 is 0. The topological polar surface area (TPSA) is 61.4 Å². The van der Waals surface area contributed by atoms with Crippen molar-refractivity contribution in [3.63, 3.8) is 0 Å². The Morgan fingerprint density at radius 1 is 1.25 bits per heavy atom. The Balaban J connectivity index is 0.00000361. The highest BCUT2D eigenvalue weighted by atomic mass is 35.5. The number of hydrogen-bond acceptors (Lipinski definition) is 3. The molecule has 0 aromatic carbocycles. The number of carbonyl (C=O) groups is 2. The number of amides is 2. The minimum atomic E-state index is -0.376. The average molecular weight is 306 g/mol. The van der Waals surface area contributed by atoms with Crippen molar-refractivity contribution in [1.29, 1.82) is 0 Å². The second-order valence-corrected chi connectivity index (χ2v) is 5.86. The summed E-state index contributed by atoms with van der Waals surface area (Å²) in [6.07, 6.45) is 3.90. The average Bonchev–Trinajstić information content (AvgIpc) is 2.85. The third-order valence-corrected chi connectivity index (χ3v) is 3.98. The minimum absolute atomic E-state index is 0. The zero-order chi connectivity index (χ0) is 14.5. The SMILES string of the molecule is CNCC(C)C(=O)NCC1(C(=O)N(C)C)CCCC1.Cl. The lowest BCUT2D eigenvalue weighted by atomic mass is 9.84. The molecule has 0 radical (unpaired) electrons. The van der Waals surface area contributed by atoms with Crippen molar-refractivity contribution in [1.82, 2.24) is 15.5 Å². The molecule has 0 saturated heterocycles. The molecule has 5 nitrogen and oxygen atoms in total. The van der Waals surface area contributed by atoms with Crippen molar-refractivity contribution in [3.05, 3.63) is 0 Å². The van der Waals surface area contributed by atoms with Crippen LogP contribution in [-0.2, 0) is 9.59 Å². The zero-order valence-corrected chi connectivity index (χ0v) is 13.8. The summed E-state index contributed by atoms with van der Waals surface area (Å²) in [5.74, 6) is 0.0941. The Labute approximate surface area is 128 Å². The van der Waals surface area contributed by atoms with E-state index in [0.29, 0.717) is 13.1 Å². The summed E-state index contributed by atoms with van der Waals surface area (Å²) in [4.78, 5) is 25.9. The van der Waals surface area contributed by atoms with Gasteiger partial charge in [0, 0.05) is 33.1 Å². The van der Waals surface area contributed by atoms with Gasteiger partial charge in [0.05, 0.1) is 5.41 Å². The summed E-state index contributed by atoms with van der Waals surface area (Å²) in [5, 5.41) is 5.95. The van der Waals surface area contributed by atoms with Crippen molar-refractivity contribution in [2.75, 3.05) is 34.2 Å². The number of hydrogen-bond donors (Lipinski definition) is 2. The van der Waals surface area contributed by atoms with Crippen LogP contribution < -0.4 is 10.6 Å². The fourth-order valence-corrected chi connectivity index (χ4v) is 2.82. The molecule has 0 aliphatic heterocycles. The molecular weight excluding hydrogens is 278 g/mol. The molecular formula is C14H28ClN3O2. The molecule has 20 heavy (non-hydrogen) atoms. The van der Waals surface area contributed by atoms with Gasteiger partial charge in [-0.2, -0.15) is 0 Å². The molecule has 1 aliphatic carbocycles. The highest BCUT2D eigenvalue weighted by molar-refractivity contribution is 5.85. The van der Waals surface area contributed by atoms with Gasteiger partial charge in [-0.25, -0.2) is 0 Å².